The Morgan fingerprint density at radius 2 is 1.44 bits per heavy atom. The average Bonchev–Trinajstić information content (AvgIpc) is 3.27. The molecule has 0 amide bonds. The maximum atomic E-state index is 13.3. The molecule has 8 heteroatoms. The lowest BCUT2D eigenvalue weighted by molar-refractivity contribution is -0.384. The number of nitrogens with one attached hydrogen (secondary N) is 1. The summed E-state index contributed by atoms with van der Waals surface area (Å²) in [6, 6.07) is 23.1. The van der Waals surface area contributed by atoms with Gasteiger partial charge in [0.05, 0.1) is 23.8 Å². The molecule has 8 nitrogen and oxygen atoms in total. The van der Waals surface area contributed by atoms with Gasteiger partial charge in [0.25, 0.3) is 5.69 Å². The van der Waals surface area contributed by atoms with Crippen LogP contribution in [0, 0.1) is 16.0 Å². The third-order valence-corrected chi connectivity index (χ3v) is 6.00. The van der Waals surface area contributed by atoms with Crippen molar-refractivity contribution in [3.05, 3.63) is 100 Å². The molecule has 1 atom stereocenters. The lowest BCUT2D eigenvalue weighted by atomic mass is 9.78. The zero-order chi connectivity index (χ0) is 25.7. The molecule has 0 saturated heterocycles. The number of ether oxygens (including phenoxy) is 2. The first-order valence-electron chi connectivity index (χ1n) is 11.7. The van der Waals surface area contributed by atoms with Crippen LogP contribution in [0.1, 0.15) is 30.9 Å². The number of carbonyl (C=O) groups is 2. The summed E-state index contributed by atoms with van der Waals surface area (Å²) in [5.74, 6) is -3.60. The minimum Gasteiger partial charge on any atom is -0.465 e. The van der Waals surface area contributed by atoms with E-state index in [1.54, 1.807) is 26.0 Å². The molecule has 0 fully saturated rings. The fourth-order valence-corrected chi connectivity index (χ4v) is 4.48. The molecule has 0 aliphatic carbocycles. The van der Waals surface area contributed by atoms with Crippen LogP contribution in [-0.2, 0) is 19.1 Å². The number of para-hydroxylation sites is 1. The average molecular weight is 487 g/mol. The number of nitro groups is 1. The van der Waals surface area contributed by atoms with Gasteiger partial charge in [-0.1, -0.05) is 60.7 Å². The molecule has 3 aromatic carbocycles. The summed E-state index contributed by atoms with van der Waals surface area (Å²) < 4.78 is 10.7. The van der Waals surface area contributed by atoms with Crippen LogP contribution in [0.3, 0.4) is 0 Å². The quantitative estimate of drug-likeness (QED) is 0.142. The van der Waals surface area contributed by atoms with Crippen LogP contribution >= 0.6 is 0 Å². The SMILES string of the molecule is CCOC(=O)C(C(=O)OCC)C(c1ccc([N+](=O)[O-])cc1)c1c(-c2ccccc2)[nH]c2ccccc12. The van der Waals surface area contributed by atoms with Gasteiger partial charge in [-0.15, -0.1) is 0 Å². The summed E-state index contributed by atoms with van der Waals surface area (Å²) in [7, 11) is 0. The Morgan fingerprint density at radius 1 is 0.861 bits per heavy atom. The molecule has 184 valence electrons. The molecular weight excluding hydrogens is 460 g/mol. The van der Waals surface area contributed by atoms with Crippen LogP contribution in [0.25, 0.3) is 22.2 Å². The van der Waals surface area contributed by atoms with Crippen molar-refractivity contribution < 1.29 is 24.0 Å². The fraction of sp³-hybridized carbons (Fsp3) is 0.214. The number of non-ortho nitro benzene ring substituents is 1. The van der Waals surface area contributed by atoms with Gasteiger partial charge in [-0.25, -0.2) is 0 Å². The summed E-state index contributed by atoms with van der Waals surface area (Å²) in [5.41, 5.74) is 3.58. The number of carbonyl (C=O) groups excluding carboxylic acids is 2. The van der Waals surface area contributed by atoms with Crippen LogP contribution in [-0.4, -0.2) is 35.1 Å². The van der Waals surface area contributed by atoms with Crippen molar-refractivity contribution in [2.45, 2.75) is 19.8 Å². The number of esters is 2. The largest absolute Gasteiger partial charge is 0.465 e. The Balaban J connectivity index is 2.04. The maximum absolute atomic E-state index is 13.3. The molecule has 4 rings (SSSR count). The van der Waals surface area contributed by atoms with Gasteiger partial charge in [-0.3, -0.25) is 19.7 Å². The van der Waals surface area contributed by atoms with Crippen LogP contribution in [0.5, 0.6) is 0 Å². The molecule has 0 aliphatic heterocycles. The number of nitrogens with zero attached hydrogens (tertiary/aromatic N) is 1. The van der Waals surface area contributed by atoms with Gasteiger partial charge in [-0.05, 0) is 36.6 Å². The van der Waals surface area contributed by atoms with Crippen molar-refractivity contribution in [2.24, 2.45) is 5.92 Å². The van der Waals surface area contributed by atoms with Crippen LogP contribution in [0.15, 0.2) is 78.9 Å². The van der Waals surface area contributed by atoms with Crippen LogP contribution in [0.2, 0.25) is 0 Å². The Labute approximate surface area is 208 Å². The molecule has 0 radical (unpaired) electrons. The van der Waals surface area contributed by atoms with Crippen molar-refractivity contribution >= 4 is 28.5 Å². The number of nitro benzene ring substituents is 1. The molecular formula is C28H26N2O6. The van der Waals surface area contributed by atoms with E-state index in [4.69, 9.17) is 9.47 Å². The number of aromatic nitrogens is 1. The zero-order valence-electron chi connectivity index (χ0n) is 20.0. The smallest absolute Gasteiger partial charge is 0.321 e. The van der Waals surface area contributed by atoms with Gasteiger partial charge < -0.3 is 14.5 Å². The van der Waals surface area contributed by atoms with E-state index in [1.165, 1.54) is 12.1 Å². The van der Waals surface area contributed by atoms with Crippen molar-refractivity contribution in [3.63, 3.8) is 0 Å². The van der Waals surface area contributed by atoms with E-state index >= 15 is 0 Å². The summed E-state index contributed by atoms with van der Waals surface area (Å²) >= 11 is 0. The molecule has 1 unspecified atom stereocenters. The summed E-state index contributed by atoms with van der Waals surface area (Å²) in [4.78, 5) is 40.8. The van der Waals surface area contributed by atoms with Crippen molar-refractivity contribution in [1.29, 1.82) is 0 Å². The predicted octanol–water partition coefficient (Wildman–Crippen LogP) is 5.62. The summed E-state index contributed by atoms with van der Waals surface area (Å²) in [6.07, 6.45) is 0. The number of H-pyrrole nitrogens is 1. The lowest BCUT2D eigenvalue weighted by Gasteiger charge is -2.26. The van der Waals surface area contributed by atoms with Crippen molar-refractivity contribution in [1.82, 2.24) is 4.98 Å². The molecule has 1 aromatic heterocycles. The first kappa shape index (κ1) is 24.7. The minimum atomic E-state index is -1.33. The highest BCUT2D eigenvalue weighted by Gasteiger charge is 2.42. The van der Waals surface area contributed by atoms with E-state index in [2.05, 4.69) is 4.98 Å². The van der Waals surface area contributed by atoms with Crippen molar-refractivity contribution in [3.8, 4) is 11.3 Å². The second-order valence-electron chi connectivity index (χ2n) is 8.13. The molecule has 0 aliphatic rings. The van der Waals surface area contributed by atoms with E-state index < -0.39 is 28.7 Å². The lowest BCUT2D eigenvalue weighted by Crippen LogP contribution is -2.34. The van der Waals surface area contributed by atoms with E-state index in [-0.39, 0.29) is 18.9 Å². The summed E-state index contributed by atoms with van der Waals surface area (Å²) in [6.45, 7) is 3.51. The molecule has 0 spiro atoms. The molecule has 4 aromatic rings. The highest BCUT2D eigenvalue weighted by Crippen LogP contribution is 2.43. The first-order chi connectivity index (χ1) is 17.5. The number of hydrogen-bond acceptors (Lipinski definition) is 6. The second-order valence-corrected chi connectivity index (χ2v) is 8.13. The van der Waals surface area contributed by atoms with Gasteiger partial charge in [0.1, 0.15) is 0 Å². The third-order valence-electron chi connectivity index (χ3n) is 6.00. The van der Waals surface area contributed by atoms with Gasteiger partial charge in [0, 0.05) is 29.0 Å². The monoisotopic (exact) mass is 486 g/mol. The molecule has 0 bridgehead atoms. The minimum absolute atomic E-state index is 0.0845. The molecule has 1 heterocycles. The zero-order valence-corrected chi connectivity index (χ0v) is 20.0. The maximum Gasteiger partial charge on any atom is 0.321 e. The normalized spacial score (nSPS) is 11.9. The van der Waals surface area contributed by atoms with Gasteiger partial charge in [0.2, 0.25) is 0 Å². The Kier molecular flexibility index (Phi) is 7.44. The Bertz CT molecular complexity index is 1360. The van der Waals surface area contributed by atoms with E-state index in [9.17, 15) is 19.7 Å². The number of aromatic amines is 1. The van der Waals surface area contributed by atoms with Gasteiger partial charge in [0.15, 0.2) is 5.92 Å². The second kappa shape index (κ2) is 10.9. The number of hydrogen-bond donors (Lipinski definition) is 1. The molecule has 1 N–H and O–H groups in total. The Hall–Kier alpha value is -4.46. The van der Waals surface area contributed by atoms with Gasteiger partial charge in [-0.2, -0.15) is 0 Å². The van der Waals surface area contributed by atoms with E-state index in [0.29, 0.717) is 11.1 Å². The molecule has 36 heavy (non-hydrogen) atoms. The Morgan fingerprint density at radius 3 is 2.03 bits per heavy atom. The topological polar surface area (TPSA) is 112 Å². The first-order valence-corrected chi connectivity index (χ1v) is 11.7. The number of rotatable bonds is 9. The van der Waals surface area contributed by atoms with E-state index in [0.717, 1.165) is 22.2 Å². The molecule has 0 saturated carbocycles. The highest BCUT2D eigenvalue weighted by atomic mass is 16.6. The number of fused-ring (bicyclic) bond motifs is 1. The standard InChI is InChI=1S/C28H26N2O6/c1-3-35-27(31)25(28(32)36-4-2)23(18-14-16-20(17-15-18)30(33)34)24-21-12-8-9-13-22(21)29-26(24)19-10-6-5-7-11-19/h5-17,23,25,29H,3-4H2,1-2H3. The fourth-order valence-electron chi connectivity index (χ4n) is 4.48. The van der Waals surface area contributed by atoms with Gasteiger partial charge >= 0.3 is 11.9 Å². The van der Waals surface area contributed by atoms with Crippen molar-refractivity contribution in [2.75, 3.05) is 13.2 Å². The van der Waals surface area contributed by atoms with Crippen LogP contribution in [0.4, 0.5) is 5.69 Å². The highest BCUT2D eigenvalue weighted by molar-refractivity contribution is 6.00. The van der Waals surface area contributed by atoms with Crippen LogP contribution < -0.4 is 0 Å². The summed E-state index contributed by atoms with van der Waals surface area (Å²) in [5, 5.41) is 12.1. The third kappa shape index (κ3) is 4.84. The van der Waals surface area contributed by atoms with E-state index in [1.807, 2.05) is 54.6 Å². The number of benzene rings is 3. The predicted molar refractivity (Wildman–Crippen MR) is 135 cm³/mol.